The number of rotatable bonds is 5. The van der Waals surface area contributed by atoms with Gasteiger partial charge in [0, 0.05) is 25.7 Å². The summed E-state index contributed by atoms with van der Waals surface area (Å²) in [7, 11) is 0. The first-order chi connectivity index (χ1) is 9.93. The maximum atomic E-state index is 11.2. The van der Waals surface area contributed by atoms with Crippen LogP contribution in [-0.2, 0) is 4.74 Å². The quantitative estimate of drug-likeness (QED) is 0.663. The van der Waals surface area contributed by atoms with Gasteiger partial charge in [0.15, 0.2) is 0 Å². The zero-order chi connectivity index (χ0) is 15.5. The van der Waals surface area contributed by atoms with Gasteiger partial charge in [0.25, 0.3) is 0 Å². The van der Waals surface area contributed by atoms with Gasteiger partial charge in [-0.25, -0.2) is 4.98 Å². The van der Waals surface area contributed by atoms with Crippen molar-refractivity contribution in [3.05, 3.63) is 22.2 Å². The minimum absolute atomic E-state index is 0.0368. The molecule has 0 atom stereocenters. The predicted molar refractivity (Wildman–Crippen MR) is 81.9 cm³/mol. The van der Waals surface area contributed by atoms with Crippen LogP contribution in [0.3, 0.4) is 0 Å². The van der Waals surface area contributed by atoms with Crippen LogP contribution in [0.4, 0.5) is 17.3 Å². The second-order valence-corrected chi connectivity index (χ2v) is 5.75. The molecule has 1 N–H and O–H groups in total. The Morgan fingerprint density at radius 2 is 2.29 bits per heavy atom. The molecule has 0 aromatic carbocycles. The molecule has 0 spiro atoms. The van der Waals surface area contributed by atoms with Gasteiger partial charge in [0.05, 0.1) is 17.1 Å². The molecule has 7 nitrogen and oxygen atoms in total. The van der Waals surface area contributed by atoms with Crippen LogP contribution < -0.4 is 10.2 Å². The number of aromatic nitrogens is 1. The monoisotopic (exact) mass is 294 g/mol. The van der Waals surface area contributed by atoms with Crippen LogP contribution in [0.5, 0.6) is 0 Å². The summed E-state index contributed by atoms with van der Waals surface area (Å²) in [6.45, 7) is 8.53. The molecule has 1 aliphatic heterocycles. The topological polar surface area (TPSA) is 80.5 Å². The normalized spacial score (nSPS) is 17.6. The Hall–Kier alpha value is -1.89. The Kier molecular flexibility index (Phi) is 4.62. The highest BCUT2D eigenvalue weighted by Gasteiger charge is 2.31. The van der Waals surface area contributed by atoms with Crippen LogP contribution in [0.25, 0.3) is 0 Å². The third-order valence-electron chi connectivity index (χ3n) is 3.33. The van der Waals surface area contributed by atoms with E-state index in [1.807, 2.05) is 18.7 Å². The lowest BCUT2D eigenvalue weighted by Crippen LogP contribution is -2.48. The van der Waals surface area contributed by atoms with Crippen molar-refractivity contribution in [2.24, 2.45) is 0 Å². The number of pyridine rings is 1. The fourth-order valence-corrected chi connectivity index (χ4v) is 2.37. The molecule has 0 radical (unpaired) electrons. The van der Waals surface area contributed by atoms with E-state index >= 15 is 0 Å². The minimum Gasteiger partial charge on any atom is -0.372 e. The van der Waals surface area contributed by atoms with Crippen molar-refractivity contribution in [1.29, 1.82) is 0 Å². The van der Waals surface area contributed by atoms with Crippen molar-refractivity contribution in [2.45, 2.75) is 32.8 Å². The van der Waals surface area contributed by atoms with E-state index in [9.17, 15) is 10.1 Å². The Balaban J connectivity index is 2.31. The number of anilines is 2. The molecule has 2 heterocycles. The molecule has 0 aliphatic carbocycles. The zero-order valence-electron chi connectivity index (χ0n) is 12.8. The molecule has 21 heavy (non-hydrogen) atoms. The largest absolute Gasteiger partial charge is 0.372 e. The summed E-state index contributed by atoms with van der Waals surface area (Å²) in [6, 6.07) is 3.17. The molecular weight excluding hydrogens is 272 g/mol. The van der Waals surface area contributed by atoms with Crippen molar-refractivity contribution >= 4 is 17.3 Å². The Bertz CT molecular complexity index is 519. The van der Waals surface area contributed by atoms with E-state index in [4.69, 9.17) is 4.74 Å². The van der Waals surface area contributed by atoms with Gasteiger partial charge in [-0.2, -0.15) is 0 Å². The van der Waals surface area contributed by atoms with Gasteiger partial charge in [-0.1, -0.05) is 6.92 Å². The number of nitrogens with zero attached hydrogens (tertiary/aromatic N) is 3. The number of nitrogens with one attached hydrogen (secondary N) is 1. The standard InChI is InChI=1S/C14H22N4O3/c1-4-7-15-12-6-5-11(18(19)20)13(16-12)17-8-9-21-14(2,3)10-17/h5-6H,4,7-10H2,1-3H3,(H,15,16). The first-order valence-corrected chi connectivity index (χ1v) is 7.21. The molecule has 2 rings (SSSR count). The summed E-state index contributed by atoms with van der Waals surface area (Å²) in [4.78, 5) is 17.2. The van der Waals surface area contributed by atoms with Crippen LogP contribution in [0.1, 0.15) is 27.2 Å². The Labute approximate surface area is 124 Å². The van der Waals surface area contributed by atoms with Gasteiger partial charge in [-0.05, 0) is 26.3 Å². The van der Waals surface area contributed by atoms with E-state index in [1.165, 1.54) is 6.07 Å². The van der Waals surface area contributed by atoms with Crippen molar-refractivity contribution in [3.8, 4) is 0 Å². The highest BCUT2D eigenvalue weighted by molar-refractivity contribution is 5.62. The maximum absolute atomic E-state index is 11.2. The molecule has 1 fully saturated rings. The van der Waals surface area contributed by atoms with Crippen molar-refractivity contribution in [3.63, 3.8) is 0 Å². The smallest absolute Gasteiger partial charge is 0.311 e. The van der Waals surface area contributed by atoms with Gasteiger partial charge in [0.1, 0.15) is 5.82 Å². The summed E-state index contributed by atoms with van der Waals surface area (Å²) in [5, 5.41) is 14.4. The SMILES string of the molecule is CCCNc1ccc([N+](=O)[O-])c(N2CCOC(C)(C)C2)n1. The number of hydrogen-bond donors (Lipinski definition) is 1. The molecule has 0 saturated carbocycles. The molecule has 0 unspecified atom stereocenters. The highest BCUT2D eigenvalue weighted by Crippen LogP contribution is 2.30. The van der Waals surface area contributed by atoms with Gasteiger partial charge in [-0.3, -0.25) is 10.1 Å². The molecule has 0 bridgehead atoms. The Morgan fingerprint density at radius 3 is 2.90 bits per heavy atom. The number of nitro groups is 1. The molecule has 1 aromatic heterocycles. The third-order valence-corrected chi connectivity index (χ3v) is 3.33. The van der Waals surface area contributed by atoms with E-state index in [0.717, 1.165) is 13.0 Å². The summed E-state index contributed by atoms with van der Waals surface area (Å²) in [5.41, 5.74) is -0.296. The molecule has 1 aromatic rings. The fraction of sp³-hybridized carbons (Fsp3) is 0.643. The van der Waals surface area contributed by atoms with Crippen LogP contribution >= 0.6 is 0 Å². The van der Waals surface area contributed by atoms with Gasteiger partial charge < -0.3 is 15.0 Å². The average Bonchev–Trinajstić information content (AvgIpc) is 2.43. The third kappa shape index (κ3) is 3.81. The van der Waals surface area contributed by atoms with E-state index in [1.54, 1.807) is 6.07 Å². The average molecular weight is 294 g/mol. The lowest BCUT2D eigenvalue weighted by atomic mass is 10.1. The van der Waals surface area contributed by atoms with E-state index in [0.29, 0.717) is 31.3 Å². The van der Waals surface area contributed by atoms with Gasteiger partial charge in [-0.15, -0.1) is 0 Å². The molecule has 7 heteroatoms. The summed E-state index contributed by atoms with van der Waals surface area (Å²) in [6.07, 6.45) is 0.971. The lowest BCUT2D eigenvalue weighted by Gasteiger charge is -2.38. The second-order valence-electron chi connectivity index (χ2n) is 5.75. The molecule has 116 valence electrons. The van der Waals surface area contributed by atoms with Crippen molar-refractivity contribution in [1.82, 2.24) is 4.98 Å². The van der Waals surface area contributed by atoms with E-state index < -0.39 is 0 Å². The number of morpholine rings is 1. The zero-order valence-corrected chi connectivity index (χ0v) is 12.8. The minimum atomic E-state index is -0.381. The van der Waals surface area contributed by atoms with E-state index in [2.05, 4.69) is 17.2 Å². The molecule has 1 saturated heterocycles. The van der Waals surface area contributed by atoms with Crippen molar-refractivity contribution in [2.75, 3.05) is 36.5 Å². The predicted octanol–water partition coefficient (Wildman–Crippen LogP) is 2.43. The molecule has 0 amide bonds. The van der Waals surface area contributed by atoms with Crippen LogP contribution in [-0.4, -0.2) is 41.7 Å². The second kappa shape index (κ2) is 6.26. The van der Waals surface area contributed by atoms with Crippen LogP contribution in [0.15, 0.2) is 12.1 Å². The highest BCUT2D eigenvalue weighted by atomic mass is 16.6. The first-order valence-electron chi connectivity index (χ1n) is 7.21. The van der Waals surface area contributed by atoms with E-state index in [-0.39, 0.29) is 16.2 Å². The summed E-state index contributed by atoms with van der Waals surface area (Å²) >= 11 is 0. The summed E-state index contributed by atoms with van der Waals surface area (Å²) in [5.74, 6) is 1.08. The first kappa shape index (κ1) is 15.5. The fourth-order valence-electron chi connectivity index (χ4n) is 2.37. The van der Waals surface area contributed by atoms with Gasteiger partial charge >= 0.3 is 5.69 Å². The number of hydrogen-bond acceptors (Lipinski definition) is 6. The van der Waals surface area contributed by atoms with Crippen LogP contribution in [0.2, 0.25) is 0 Å². The molecule has 1 aliphatic rings. The maximum Gasteiger partial charge on any atom is 0.311 e. The Morgan fingerprint density at radius 1 is 1.52 bits per heavy atom. The van der Waals surface area contributed by atoms with Gasteiger partial charge in [0.2, 0.25) is 5.82 Å². The summed E-state index contributed by atoms with van der Waals surface area (Å²) < 4.78 is 5.66. The van der Waals surface area contributed by atoms with Crippen LogP contribution in [0, 0.1) is 10.1 Å². The molecular formula is C14H22N4O3. The lowest BCUT2D eigenvalue weighted by molar-refractivity contribution is -0.384. The van der Waals surface area contributed by atoms with Crippen molar-refractivity contribution < 1.29 is 9.66 Å². The number of ether oxygens (including phenoxy) is 1.